The van der Waals surface area contributed by atoms with Gasteiger partial charge in [0.2, 0.25) is 0 Å². The average Bonchev–Trinajstić information content (AvgIpc) is 2.38. The van der Waals surface area contributed by atoms with Crippen LogP contribution in [-0.2, 0) is 4.74 Å². The third-order valence-corrected chi connectivity index (χ3v) is 5.32. The summed E-state index contributed by atoms with van der Waals surface area (Å²) in [6, 6.07) is 0. The lowest BCUT2D eigenvalue weighted by molar-refractivity contribution is 0.00364. The Morgan fingerprint density at radius 1 is 1.16 bits per heavy atom. The van der Waals surface area contributed by atoms with Gasteiger partial charge in [0, 0.05) is 31.8 Å². The second-order valence-electron chi connectivity index (χ2n) is 7.22. The number of ether oxygens (including phenoxy) is 1. The monoisotopic (exact) mass is 268 g/mol. The molecule has 3 nitrogen and oxygen atoms in total. The maximum absolute atomic E-state index is 6.20. The standard InChI is InChI=1S/C16H32N2O/c1-13-8-14(2)10-16(9-13,12-17)18(3)11-15-4-6-19-7-5-15/h13-15H,4-12,17H2,1-3H3. The van der Waals surface area contributed by atoms with E-state index < -0.39 is 0 Å². The van der Waals surface area contributed by atoms with E-state index >= 15 is 0 Å². The SMILES string of the molecule is CC1CC(C)CC(CN)(N(C)CC2CCOCC2)C1. The van der Waals surface area contributed by atoms with Crippen LogP contribution < -0.4 is 5.73 Å². The summed E-state index contributed by atoms with van der Waals surface area (Å²) in [5.41, 5.74) is 6.45. The van der Waals surface area contributed by atoms with Crippen LogP contribution in [-0.4, -0.2) is 43.8 Å². The molecule has 0 aromatic heterocycles. The molecule has 3 heteroatoms. The van der Waals surface area contributed by atoms with Gasteiger partial charge >= 0.3 is 0 Å². The zero-order valence-electron chi connectivity index (χ0n) is 13.0. The molecule has 0 amide bonds. The van der Waals surface area contributed by atoms with Crippen molar-refractivity contribution in [3.63, 3.8) is 0 Å². The van der Waals surface area contributed by atoms with Crippen LogP contribution in [0.5, 0.6) is 0 Å². The second kappa shape index (κ2) is 6.55. The van der Waals surface area contributed by atoms with E-state index in [1.807, 2.05) is 0 Å². The Morgan fingerprint density at radius 2 is 1.74 bits per heavy atom. The van der Waals surface area contributed by atoms with Crippen molar-refractivity contribution in [2.45, 2.75) is 51.5 Å². The highest BCUT2D eigenvalue weighted by Gasteiger charge is 2.40. The summed E-state index contributed by atoms with van der Waals surface area (Å²) in [4.78, 5) is 2.59. The molecule has 1 saturated carbocycles. The van der Waals surface area contributed by atoms with E-state index in [4.69, 9.17) is 10.5 Å². The minimum absolute atomic E-state index is 0.245. The predicted molar refractivity (Wildman–Crippen MR) is 80.1 cm³/mol. The molecule has 0 aromatic rings. The molecule has 2 fully saturated rings. The number of rotatable bonds is 4. The van der Waals surface area contributed by atoms with Gasteiger partial charge in [-0.1, -0.05) is 13.8 Å². The number of nitrogens with zero attached hydrogens (tertiary/aromatic N) is 1. The molecule has 2 rings (SSSR count). The normalized spacial score (nSPS) is 37.7. The van der Waals surface area contributed by atoms with Crippen LogP contribution in [0.4, 0.5) is 0 Å². The first-order valence-electron chi connectivity index (χ1n) is 8.05. The maximum Gasteiger partial charge on any atom is 0.0469 e. The van der Waals surface area contributed by atoms with Gasteiger partial charge in [0.1, 0.15) is 0 Å². The fourth-order valence-electron chi connectivity index (χ4n) is 4.38. The first-order valence-corrected chi connectivity index (χ1v) is 8.05. The Labute approximate surface area is 118 Å². The molecule has 0 bridgehead atoms. The van der Waals surface area contributed by atoms with Gasteiger partial charge in [0.05, 0.1) is 0 Å². The van der Waals surface area contributed by atoms with Gasteiger partial charge in [-0.25, -0.2) is 0 Å². The van der Waals surface area contributed by atoms with E-state index in [1.165, 1.54) is 38.6 Å². The highest BCUT2D eigenvalue weighted by atomic mass is 16.5. The van der Waals surface area contributed by atoms with Crippen molar-refractivity contribution in [3.05, 3.63) is 0 Å². The lowest BCUT2D eigenvalue weighted by Crippen LogP contribution is -2.57. The zero-order valence-corrected chi connectivity index (χ0v) is 13.0. The molecule has 112 valence electrons. The summed E-state index contributed by atoms with van der Waals surface area (Å²) in [7, 11) is 2.30. The summed E-state index contributed by atoms with van der Waals surface area (Å²) in [5.74, 6) is 2.42. The van der Waals surface area contributed by atoms with Crippen molar-refractivity contribution in [2.75, 3.05) is 33.4 Å². The number of hydrogen-bond donors (Lipinski definition) is 1. The zero-order chi connectivity index (χ0) is 13.9. The Bertz CT molecular complexity index is 266. The van der Waals surface area contributed by atoms with Crippen LogP contribution in [0.15, 0.2) is 0 Å². The molecule has 19 heavy (non-hydrogen) atoms. The molecule has 0 radical (unpaired) electrons. The van der Waals surface area contributed by atoms with E-state index in [0.29, 0.717) is 0 Å². The van der Waals surface area contributed by atoms with E-state index in [2.05, 4.69) is 25.8 Å². The van der Waals surface area contributed by atoms with E-state index in [1.54, 1.807) is 0 Å². The highest BCUT2D eigenvalue weighted by molar-refractivity contribution is 4.97. The first kappa shape index (κ1) is 15.3. The van der Waals surface area contributed by atoms with E-state index in [-0.39, 0.29) is 5.54 Å². The van der Waals surface area contributed by atoms with E-state index in [0.717, 1.165) is 37.5 Å². The van der Waals surface area contributed by atoms with Crippen LogP contribution >= 0.6 is 0 Å². The molecule has 0 aromatic carbocycles. The Balaban J connectivity index is 1.98. The summed E-state index contributed by atoms with van der Waals surface area (Å²) in [6.07, 6.45) is 6.35. The quantitative estimate of drug-likeness (QED) is 0.851. The van der Waals surface area contributed by atoms with Gasteiger partial charge < -0.3 is 10.5 Å². The lowest BCUT2D eigenvalue weighted by Gasteiger charge is -2.49. The minimum Gasteiger partial charge on any atom is -0.381 e. The largest absolute Gasteiger partial charge is 0.381 e. The van der Waals surface area contributed by atoms with Crippen molar-refractivity contribution in [1.29, 1.82) is 0 Å². The summed E-state index contributed by atoms with van der Waals surface area (Å²) < 4.78 is 5.47. The Morgan fingerprint density at radius 3 is 2.26 bits per heavy atom. The third kappa shape index (κ3) is 3.71. The molecule has 2 atom stereocenters. The Hall–Kier alpha value is -0.120. The number of hydrogen-bond acceptors (Lipinski definition) is 3. The van der Waals surface area contributed by atoms with Gasteiger partial charge in [-0.3, -0.25) is 4.90 Å². The van der Waals surface area contributed by atoms with Gasteiger partial charge in [-0.15, -0.1) is 0 Å². The van der Waals surface area contributed by atoms with Crippen molar-refractivity contribution in [3.8, 4) is 0 Å². The maximum atomic E-state index is 6.20. The van der Waals surface area contributed by atoms with Crippen LogP contribution in [0.25, 0.3) is 0 Å². The molecule has 2 N–H and O–H groups in total. The van der Waals surface area contributed by atoms with Crippen molar-refractivity contribution < 1.29 is 4.74 Å². The molecule has 1 saturated heterocycles. The predicted octanol–water partition coefficient (Wildman–Crippen LogP) is 2.50. The Kier molecular flexibility index (Phi) is 5.27. The smallest absolute Gasteiger partial charge is 0.0469 e. The third-order valence-electron chi connectivity index (χ3n) is 5.32. The van der Waals surface area contributed by atoms with Crippen LogP contribution in [0, 0.1) is 17.8 Å². The van der Waals surface area contributed by atoms with Crippen LogP contribution in [0.2, 0.25) is 0 Å². The van der Waals surface area contributed by atoms with Crippen molar-refractivity contribution >= 4 is 0 Å². The van der Waals surface area contributed by atoms with Crippen molar-refractivity contribution in [1.82, 2.24) is 4.90 Å². The molecule has 2 aliphatic rings. The molecule has 0 spiro atoms. The van der Waals surface area contributed by atoms with Crippen molar-refractivity contribution in [2.24, 2.45) is 23.5 Å². The summed E-state index contributed by atoms with van der Waals surface area (Å²) in [6.45, 7) is 8.67. The lowest BCUT2D eigenvalue weighted by atomic mass is 9.70. The van der Waals surface area contributed by atoms with Gasteiger partial charge in [0.25, 0.3) is 0 Å². The highest BCUT2D eigenvalue weighted by Crippen LogP contribution is 2.39. The summed E-state index contributed by atoms with van der Waals surface area (Å²) >= 11 is 0. The molecule has 1 heterocycles. The molecule has 1 aliphatic carbocycles. The second-order valence-corrected chi connectivity index (χ2v) is 7.22. The average molecular weight is 268 g/mol. The molecular weight excluding hydrogens is 236 g/mol. The summed E-state index contributed by atoms with van der Waals surface area (Å²) in [5, 5.41) is 0. The van der Waals surface area contributed by atoms with Gasteiger partial charge in [0.15, 0.2) is 0 Å². The molecule has 1 aliphatic heterocycles. The fourth-order valence-corrected chi connectivity index (χ4v) is 4.38. The van der Waals surface area contributed by atoms with Gasteiger partial charge in [-0.2, -0.15) is 0 Å². The molecular formula is C16H32N2O. The molecule has 2 unspecified atom stereocenters. The topological polar surface area (TPSA) is 38.5 Å². The van der Waals surface area contributed by atoms with E-state index in [9.17, 15) is 0 Å². The first-order chi connectivity index (χ1) is 9.05. The minimum atomic E-state index is 0.245. The fraction of sp³-hybridized carbons (Fsp3) is 1.00. The van der Waals surface area contributed by atoms with Crippen LogP contribution in [0.1, 0.15) is 46.0 Å². The van der Waals surface area contributed by atoms with Crippen LogP contribution in [0.3, 0.4) is 0 Å². The number of likely N-dealkylation sites (N-methyl/N-ethyl adjacent to an activating group) is 1. The van der Waals surface area contributed by atoms with Gasteiger partial charge in [-0.05, 0) is 56.9 Å². The number of nitrogens with two attached hydrogens (primary N) is 1.